The molecule has 1 aliphatic rings. The first-order valence-corrected chi connectivity index (χ1v) is 10.4. The Labute approximate surface area is 183 Å². The summed E-state index contributed by atoms with van der Waals surface area (Å²) >= 11 is 30.2. The lowest BCUT2D eigenvalue weighted by Crippen LogP contribution is -2.27. The number of aromatic nitrogens is 3. The molecule has 1 N–H and O–H groups in total. The number of hydrogen-bond donors (Lipinski definition) is 1. The van der Waals surface area contributed by atoms with E-state index in [1.165, 1.54) is 12.8 Å². The fourth-order valence-electron chi connectivity index (χ4n) is 3.09. The van der Waals surface area contributed by atoms with Crippen molar-refractivity contribution < 1.29 is 0 Å². The summed E-state index contributed by atoms with van der Waals surface area (Å²) in [4.78, 5) is 15.3. The van der Waals surface area contributed by atoms with E-state index in [1.54, 1.807) is 18.2 Å². The van der Waals surface area contributed by atoms with E-state index in [0.717, 1.165) is 13.0 Å². The SMILES string of the molecule is CN1CCCC1CCNc1nc(-c2cc(Cl)cc(Cl)c2)nc(C(Cl)(Cl)Cl)n1. The molecule has 1 fully saturated rings. The van der Waals surface area contributed by atoms with Crippen molar-refractivity contribution in [3.63, 3.8) is 0 Å². The highest BCUT2D eigenvalue weighted by Crippen LogP contribution is 2.37. The molecule has 0 bridgehead atoms. The van der Waals surface area contributed by atoms with Crippen molar-refractivity contribution in [2.75, 3.05) is 25.5 Å². The van der Waals surface area contributed by atoms with Gasteiger partial charge in [0.15, 0.2) is 11.6 Å². The molecule has 1 aliphatic heterocycles. The van der Waals surface area contributed by atoms with Gasteiger partial charge in [-0.3, -0.25) is 0 Å². The van der Waals surface area contributed by atoms with Crippen LogP contribution in [0.1, 0.15) is 25.1 Å². The van der Waals surface area contributed by atoms with Crippen molar-refractivity contribution in [2.24, 2.45) is 0 Å². The Morgan fingerprint density at radius 1 is 1.11 bits per heavy atom. The van der Waals surface area contributed by atoms with Crippen molar-refractivity contribution in [2.45, 2.75) is 29.1 Å². The first-order valence-electron chi connectivity index (χ1n) is 8.46. The standard InChI is InChI=1S/C17H18Cl5N5/c1-27-6-2-3-13(27)4-5-23-16-25-14(24-15(26-16)17(20,21)22)10-7-11(18)9-12(19)8-10/h7-9,13H,2-6H2,1H3,(H,23,24,25,26). The minimum atomic E-state index is -1.78. The van der Waals surface area contributed by atoms with E-state index < -0.39 is 3.79 Å². The molecule has 1 atom stereocenters. The third-order valence-corrected chi connectivity index (χ3v) is 5.39. The maximum atomic E-state index is 6.09. The molecule has 1 unspecified atom stereocenters. The molecule has 0 saturated carbocycles. The Morgan fingerprint density at radius 2 is 1.81 bits per heavy atom. The predicted octanol–water partition coefficient (Wildman–Crippen LogP) is 5.57. The highest BCUT2D eigenvalue weighted by Gasteiger charge is 2.29. The largest absolute Gasteiger partial charge is 0.354 e. The summed E-state index contributed by atoms with van der Waals surface area (Å²) < 4.78 is -1.78. The lowest BCUT2D eigenvalue weighted by atomic mass is 10.1. The van der Waals surface area contributed by atoms with Crippen molar-refractivity contribution in [1.82, 2.24) is 19.9 Å². The zero-order valence-electron chi connectivity index (χ0n) is 14.5. The Hall–Kier alpha value is -0.560. The first-order chi connectivity index (χ1) is 12.7. The molecule has 0 amide bonds. The van der Waals surface area contributed by atoms with E-state index in [2.05, 4.69) is 32.2 Å². The second-order valence-corrected chi connectivity index (χ2v) is 9.61. The van der Waals surface area contributed by atoms with E-state index in [9.17, 15) is 0 Å². The first kappa shape index (κ1) is 21.2. The summed E-state index contributed by atoms with van der Waals surface area (Å²) in [6.45, 7) is 1.83. The van der Waals surface area contributed by atoms with Crippen molar-refractivity contribution in [1.29, 1.82) is 0 Å². The Morgan fingerprint density at radius 3 is 2.41 bits per heavy atom. The van der Waals surface area contributed by atoms with Crippen LogP contribution in [-0.4, -0.2) is 46.0 Å². The second-order valence-electron chi connectivity index (χ2n) is 6.45. The highest BCUT2D eigenvalue weighted by atomic mass is 35.6. The molecule has 1 aromatic carbocycles. The molecule has 27 heavy (non-hydrogen) atoms. The van der Waals surface area contributed by atoms with Crippen LogP contribution in [0, 0.1) is 0 Å². The molecule has 146 valence electrons. The minimum absolute atomic E-state index is 0.0362. The number of nitrogens with one attached hydrogen (secondary N) is 1. The van der Waals surface area contributed by atoms with Gasteiger partial charge < -0.3 is 10.2 Å². The van der Waals surface area contributed by atoms with Gasteiger partial charge in [0.05, 0.1) is 0 Å². The fourth-order valence-corrected chi connectivity index (χ4v) is 3.87. The van der Waals surface area contributed by atoms with E-state index in [4.69, 9.17) is 58.0 Å². The van der Waals surface area contributed by atoms with Gasteiger partial charge >= 0.3 is 0 Å². The lowest BCUT2D eigenvalue weighted by molar-refractivity contribution is 0.301. The van der Waals surface area contributed by atoms with Gasteiger partial charge in [-0.1, -0.05) is 58.0 Å². The molecule has 0 aliphatic carbocycles. The average molecular weight is 470 g/mol. The van der Waals surface area contributed by atoms with Gasteiger partial charge in [-0.2, -0.15) is 9.97 Å². The maximum Gasteiger partial charge on any atom is 0.250 e. The summed E-state index contributed by atoms with van der Waals surface area (Å²) in [7, 11) is 2.14. The normalized spacial score (nSPS) is 18.1. The zero-order valence-corrected chi connectivity index (χ0v) is 18.3. The number of likely N-dealkylation sites (tertiary alicyclic amines) is 1. The fraction of sp³-hybridized carbons (Fsp3) is 0.471. The van der Waals surface area contributed by atoms with Crippen LogP contribution < -0.4 is 5.32 Å². The summed E-state index contributed by atoms with van der Waals surface area (Å²) in [5.74, 6) is 0.711. The Kier molecular flexibility index (Phi) is 6.93. The average Bonchev–Trinajstić information content (AvgIpc) is 2.98. The maximum absolute atomic E-state index is 6.09. The van der Waals surface area contributed by atoms with Gasteiger partial charge in [-0.15, -0.1) is 0 Å². The molecule has 10 heteroatoms. The number of rotatable bonds is 5. The van der Waals surface area contributed by atoms with Crippen LogP contribution in [0.2, 0.25) is 10.0 Å². The molecule has 1 saturated heterocycles. The monoisotopic (exact) mass is 467 g/mol. The van der Waals surface area contributed by atoms with Crippen LogP contribution in [0.5, 0.6) is 0 Å². The van der Waals surface area contributed by atoms with Gasteiger partial charge in [0, 0.05) is 28.2 Å². The molecule has 0 spiro atoms. The van der Waals surface area contributed by atoms with Gasteiger partial charge in [0.2, 0.25) is 9.74 Å². The van der Waals surface area contributed by atoms with Crippen LogP contribution in [-0.2, 0) is 3.79 Å². The molecule has 1 aromatic heterocycles. The number of benzene rings is 1. The minimum Gasteiger partial charge on any atom is -0.354 e. The van der Waals surface area contributed by atoms with Crippen molar-refractivity contribution in [3.05, 3.63) is 34.1 Å². The van der Waals surface area contributed by atoms with E-state index >= 15 is 0 Å². The zero-order chi connectivity index (χ0) is 19.6. The highest BCUT2D eigenvalue weighted by molar-refractivity contribution is 6.66. The number of anilines is 1. The molecule has 0 radical (unpaired) electrons. The predicted molar refractivity (Wildman–Crippen MR) is 113 cm³/mol. The molecule has 2 heterocycles. The topological polar surface area (TPSA) is 53.9 Å². The van der Waals surface area contributed by atoms with E-state index in [1.807, 2.05) is 0 Å². The molecule has 2 aromatic rings. The van der Waals surface area contributed by atoms with Crippen molar-refractivity contribution in [3.8, 4) is 11.4 Å². The molecular formula is C17H18Cl5N5. The van der Waals surface area contributed by atoms with Crippen LogP contribution in [0.25, 0.3) is 11.4 Å². The Balaban J connectivity index is 1.84. The van der Waals surface area contributed by atoms with Gasteiger partial charge in [-0.05, 0) is 51.1 Å². The van der Waals surface area contributed by atoms with Crippen LogP contribution in [0.3, 0.4) is 0 Å². The molecule has 3 rings (SSSR count). The number of halogens is 5. The molecular weight excluding hydrogens is 451 g/mol. The van der Waals surface area contributed by atoms with E-state index in [0.29, 0.717) is 40.0 Å². The quantitative estimate of drug-likeness (QED) is 0.581. The summed E-state index contributed by atoms with van der Waals surface area (Å²) in [6.07, 6.45) is 3.40. The molecule has 5 nitrogen and oxygen atoms in total. The van der Waals surface area contributed by atoms with Crippen molar-refractivity contribution >= 4 is 64.0 Å². The summed E-state index contributed by atoms with van der Waals surface area (Å²) in [5.41, 5.74) is 0.615. The lowest BCUT2D eigenvalue weighted by Gasteiger charge is -2.19. The number of alkyl halides is 3. The van der Waals surface area contributed by atoms with Crippen LogP contribution in [0.4, 0.5) is 5.95 Å². The summed E-state index contributed by atoms with van der Waals surface area (Å²) in [5, 5.41) is 4.14. The third-order valence-electron chi connectivity index (χ3n) is 4.44. The second kappa shape index (κ2) is 8.85. The van der Waals surface area contributed by atoms with E-state index in [-0.39, 0.29) is 5.82 Å². The van der Waals surface area contributed by atoms with Gasteiger partial charge in [0.1, 0.15) is 0 Å². The summed E-state index contributed by atoms with van der Waals surface area (Å²) in [6, 6.07) is 5.57. The van der Waals surface area contributed by atoms with Crippen LogP contribution in [0.15, 0.2) is 18.2 Å². The van der Waals surface area contributed by atoms with Gasteiger partial charge in [-0.25, -0.2) is 4.98 Å². The number of hydrogen-bond acceptors (Lipinski definition) is 5. The Bertz CT molecular complexity index is 791. The third kappa shape index (κ3) is 5.72. The smallest absolute Gasteiger partial charge is 0.250 e. The van der Waals surface area contributed by atoms with Gasteiger partial charge in [0.25, 0.3) is 0 Å². The number of nitrogens with zero attached hydrogens (tertiary/aromatic N) is 4. The van der Waals surface area contributed by atoms with Crippen LogP contribution >= 0.6 is 58.0 Å².